The first-order valence-corrected chi connectivity index (χ1v) is 11.0. The lowest BCUT2D eigenvalue weighted by Gasteiger charge is -2.14. The highest BCUT2D eigenvalue weighted by atomic mass is 79.9. The van der Waals surface area contributed by atoms with Gasteiger partial charge in [0.25, 0.3) is 11.1 Å². The van der Waals surface area contributed by atoms with E-state index in [2.05, 4.69) is 15.9 Å². The highest BCUT2D eigenvalue weighted by Crippen LogP contribution is 2.39. The van der Waals surface area contributed by atoms with Crippen LogP contribution in [-0.4, -0.2) is 54.5 Å². The highest BCUT2D eigenvalue weighted by molar-refractivity contribution is 9.10. The van der Waals surface area contributed by atoms with E-state index in [-0.39, 0.29) is 36.5 Å². The monoisotopic (exact) mass is 521 g/mol. The summed E-state index contributed by atoms with van der Waals surface area (Å²) in [6.07, 6.45) is 1.62. The molecule has 0 radical (unpaired) electrons. The Balaban J connectivity index is 1.80. The number of nitrogens with zero attached hydrogens (tertiary/aromatic N) is 1. The standard InChI is InChI=1S/C22H20BrNO7S/c1-29-7-6-24-20(25)18(32-22(24)28)11-14-9-16(23)19(17(10-14)30-2)31-12-13-4-3-5-15(8-13)21(26)27/h3-5,8-11H,6-7,12H2,1-2H3,(H,26,27)/b18-11+. The Morgan fingerprint density at radius 2 is 2.00 bits per heavy atom. The van der Waals surface area contributed by atoms with Crippen molar-refractivity contribution >= 4 is 50.9 Å². The van der Waals surface area contributed by atoms with E-state index in [9.17, 15) is 14.4 Å². The van der Waals surface area contributed by atoms with Gasteiger partial charge in [-0.05, 0) is 69.2 Å². The number of benzene rings is 2. The van der Waals surface area contributed by atoms with Crippen molar-refractivity contribution in [1.82, 2.24) is 4.90 Å². The van der Waals surface area contributed by atoms with Gasteiger partial charge in [0.05, 0.1) is 35.2 Å². The van der Waals surface area contributed by atoms with E-state index in [0.29, 0.717) is 32.0 Å². The molecule has 8 nitrogen and oxygen atoms in total. The number of carbonyl (C=O) groups excluding carboxylic acids is 2. The average Bonchev–Trinajstić information content (AvgIpc) is 3.03. The number of rotatable bonds is 9. The quantitative estimate of drug-likeness (QED) is 0.483. The molecule has 0 bridgehead atoms. The molecule has 1 heterocycles. The summed E-state index contributed by atoms with van der Waals surface area (Å²) in [7, 11) is 2.99. The van der Waals surface area contributed by atoms with Gasteiger partial charge >= 0.3 is 5.97 Å². The maximum absolute atomic E-state index is 12.5. The molecule has 168 valence electrons. The van der Waals surface area contributed by atoms with Crippen molar-refractivity contribution in [2.75, 3.05) is 27.4 Å². The van der Waals surface area contributed by atoms with Crippen LogP contribution in [0.3, 0.4) is 0 Å². The second kappa shape index (κ2) is 10.7. The van der Waals surface area contributed by atoms with E-state index < -0.39 is 5.97 Å². The van der Waals surface area contributed by atoms with Gasteiger partial charge in [-0.15, -0.1) is 0 Å². The number of thioether (sulfide) groups is 1. The Kier molecular flexibility index (Phi) is 7.94. The first-order chi connectivity index (χ1) is 15.3. The molecule has 2 aromatic rings. The molecular formula is C22H20BrNO7S. The van der Waals surface area contributed by atoms with E-state index in [1.54, 1.807) is 30.3 Å². The van der Waals surface area contributed by atoms with Gasteiger partial charge in [0.15, 0.2) is 11.5 Å². The molecule has 10 heteroatoms. The third-order valence-corrected chi connectivity index (χ3v) is 6.00. The van der Waals surface area contributed by atoms with Crippen molar-refractivity contribution in [3.63, 3.8) is 0 Å². The lowest BCUT2D eigenvalue weighted by molar-refractivity contribution is -0.123. The minimum Gasteiger partial charge on any atom is -0.493 e. The van der Waals surface area contributed by atoms with Crippen molar-refractivity contribution in [3.8, 4) is 11.5 Å². The third-order valence-electron chi connectivity index (χ3n) is 4.50. The molecule has 1 N–H and O–H groups in total. The third kappa shape index (κ3) is 5.50. The summed E-state index contributed by atoms with van der Waals surface area (Å²) in [5.41, 5.74) is 1.51. The Morgan fingerprint density at radius 3 is 2.69 bits per heavy atom. The predicted octanol–water partition coefficient (Wildman–Crippen LogP) is 4.42. The van der Waals surface area contributed by atoms with E-state index in [1.165, 1.54) is 26.4 Å². The number of carbonyl (C=O) groups is 3. The minimum atomic E-state index is -1.01. The molecule has 0 aromatic heterocycles. The van der Waals surface area contributed by atoms with Gasteiger partial charge in [-0.25, -0.2) is 4.79 Å². The molecule has 1 aliphatic heterocycles. The van der Waals surface area contributed by atoms with E-state index in [0.717, 1.165) is 16.7 Å². The van der Waals surface area contributed by atoms with Crippen LogP contribution in [0, 0.1) is 0 Å². The predicted molar refractivity (Wildman–Crippen MR) is 123 cm³/mol. The van der Waals surface area contributed by atoms with E-state index >= 15 is 0 Å². The fourth-order valence-corrected chi connectivity index (χ4v) is 4.38. The molecule has 2 aromatic carbocycles. The summed E-state index contributed by atoms with van der Waals surface area (Å²) in [4.78, 5) is 37.2. The average molecular weight is 522 g/mol. The number of ether oxygens (including phenoxy) is 3. The molecule has 1 fully saturated rings. The topological polar surface area (TPSA) is 102 Å². The van der Waals surface area contributed by atoms with Crippen LogP contribution in [0.4, 0.5) is 4.79 Å². The lowest BCUT2D eigenvalue weighted by atomic mass is 10.1. The molecule has 32 heavy (non-hydrogen) atoms. The molecule has 1 saturated heterocycles. The van der Waals surface area contributed by atoms with Crippen molar-refractivity contribution in [3.05, 3.63) is 62.5 Å². The minimum absolute atomic E-state index is 0.133. The first-order valence-electron chi connectivity index (χ1n) is 9.41. The zero-order valence-corrected chi connectivity index (χ0v) is 19.7. The summed E-state index contributed by atoms with van der Waals surface area (Å²) in [6.45, 7) is 0.599. The van der Waals surface area contributed by atoms with Crippen molar-refractivity contribution in [2.24, 2.45) is 0 Å². The number of carboxylic acid groups (broad SMARTS) is 1. The molecule has 0 saturated carbocycles. The van der Waals surface area contributed by atoms with Gasteiger partial charge in [0, 0.05) is 7.11 Å². The fourth-order valence-electron chi connectivity index (χ4n) is 2.94. The zero-order valence-electron chi connectivity index (χ0n) is 17.3. The number of carboxylic acids is 1. The number of aromatic carboxylic acids is 1. The van der Waals surface area contributed by atoms with Crippen molar-refractivity contribution in [2.45, 2.75) is 6.61 Å². The van der Waals surface area contributed by atoms with Gasteiger partial charge in [-0.2, -0.15) is 0 Å². The molecule has 0 aliphatic carbocycles. The Hall–Kier alpha value is -2.82. The van der Waals surface area contributed by atoms with Crippen LogP contribution in [0.25, 0.3) is 6.08 Å². The molecule has 2 amide bonds. The summed E-state index contributed by atoms with van der Waals surface area (Å²) in [6, 6.07) is 9.90. The number of imide groups is 1. The second-order valence-corrected chi connectivity index (χ2v) is 8.50. The summed E-state index contributed by atoms with van der Waals surface area (Å²) in [5, 5.41) is 8.79. The maximum atomic E-state index is 12.5. The smallest absolute Gasteiger partial charge is 0.335 e. The van der Waals surface area contributed by atoms with E-state index in [1.807, 2.05) is 0 Å². The highest BCUT2D eigenvalue weighted by Gasteiger charge is 2.34. The molecule has 0 atom stereocenters. The Bertz CT molecular complexity index is 1090. The normalized spacial score (nSPS) is 14.8. The van der Waals surface area contributed by atoms with Crippen molar-refractivity contribution in [1.29, 1.82) is 0 Å². The van der Waals surface area contributed by atoms with Gasteiger partial charge < -0.3 is 19.3 Å². The van der Waals surface area contributed by atoms with Crippen LogP contribution in [0.15, 0.2) is 45.8 Å². The Labute approximate surface area is 197 Å². The van der Waals surface area contributed by atoms with Crippen LogP contribution in [0.5, 0.6) is 11.5 Å². The largest absolute Gasteiger partial charge is 0.493 e. The van der Waals surface area contributed by atoms with Gasteiger partial charge in [0.1, 0.15) is 6.61 Å². The number of hydrogen-bond donors (Lipinski definition) is 1. The van der Waals surface area contributed by atoms with Crippen LogP contribution in [-0.2, 0) is 16.1 Å². The number of halogens is 1. The van der Waals surface area contributed by atoms with E-state index in [4.69, 9.17) is 19.3 Å². The maximum Gasteiger partial charge on any atom is 0.335 e. The van der Waals surface area contributed by atoms with Gasteiger partial charge in [0.2, 0.25) is 0 Å². The van der Waals surface area contributed by atoms with Crippen LogP contribution >= 0.6 is 27.7 Å². The number of methoxy groups -OCH3 is 2. The molecule has 0 unspecified atom stereocenters. The second-order valence-electron chi connectivity index (χ2n) is 6.65. The van der Waals surface area contributed by atoms with Crippen molar-refractivity contribution < 1.29 is 33.7 Å². The van der Waals surface area contributed by atoms with Crippen LogP contribution in [0.1, 0.15) is 21.5 Å². The number of hydrogen-bond acceptors (Lipinski definition) is 7. The summed E-state index contributed by atoms with van der Waals surface area (Å²) >= 11 is 4.33. The summed E-state index contributed by atoms with van der Waals surface area (Å²) in [5.74, 6) is -0.537. The number of amides is 2. The zero-order chi connectivity index (χ0) is 23.3. The van der Waals surface area contributed by atoms with Gasteiger partial charge in [-0.3, -0.25) is 14.5 Å². The first kappa shape index (κ1) is 23.8. The molecule has 0 spiro atoms. The SMILES string of the molecule is COCCN1C(=O)S/C(=C/c2cc(Br)c(OCc3cccc(C(=O)O)c3)c(OC)c2)C1=O. The molecule has 1 aliphatic rings. The van der Waals surface area contributed by atoms with Crippen LogP contribution in [0.2, 0.25) is 0 Å². The lowest BCUT2D eigenvalue weighted by Crippen LogP contribution is -2.31. The summed E-state index contributed by atoms with van der Waals surface area (Å²) < 4.78 is 16.8. The van der Waals surface area contributed by atoms with Gasteiger partial charge in [-0.1, -0.05) is 12.1 Å². The molecular weight excluding hydrogens is 502 g/mol. The fraction of sp³-hybridized carbons (Fsp3) is 0.227. The van der Waals surface area contributed by atoms with Crippen LogP contribution < -0.4 is 9.47 Å². The molecule has 3 rings (SSSR count). The Morgan fingerprint density at radius 1 is 1.22 bits per heavy atom.